The van der Waals surface area contributed by atoms with Gasteiger partial charge in [0, 0.05) is 18.7 Å². The number of halogens is 1. The van der Waals surface area contributed by atoms with E-state index in [0.29, 0.717) is 4.42 Å². The molecular weight excluding hydrogens is 236 g/mol. The minimum absolute atomic E-state index is 0.232. The highest BCUT2D eigenvalue weighted by Gasteiger charge is 2.47. The first-order valence-electron chi connectivity index (χ1n) is 3.49. The van der Waals surface area contributed by atoms with Gasteiger partial charge in [-0.15, -0.1) is 0 Å². The Morgan fingerprint density at radius 2 is 2.21 bits per heavy atom. The second kappa shape index (κ2) is 3.37. The first kappa shape index (κ1) is 11.2. The zero-order chi connectivity index (χ0) is 11.1. The fourth-order valence-electron chi connectivity index (χ4n) is 0.975. The number of nitrogens with zero attached hydrogens (tertiary/aromatic N) is 2. The normalized spacial score (nSPS) is 21.8. The molecule has 80 valence electrons. The molecule has 14 heavy (non-hydrogen) atoms. The molecule has 0 radical (unpaired) electrons. The van der Waals surface area contributed by atoms with Crippen molar-refractivity contribution < 1.29 is 22.6 Å². The summed E-state index contributed by atoms with van der Waals surface area (Å²) < 4.78 is 30.3. The van der Waals surface area contributed by atoms with Gasteiger partial charge >= 0.3 is 10.3 Å². The number of rotatable bonds is 2. The second-order valence-electron chi connectivity index (χ2n) is 2.69. The van der Waals surface area contributed by atoms with Crippen LogP contribution in [0.4, 0.5) is 0 Å². The molecule has 0 aliphatic carbocycles. The van der Waals surface area contributed by atoms with Crippen LogP contribution >= 0.6 is 11.8 Å². The molecule has 0 aromatic heterocycles. The molecule has 1 unspecified atom stereocenters. The Bertz CT molecular complexity index is 380. The van der Waals surface area contributed by atoms with Gasteiger partial charge in [0.15, 0.2) is 0 Å². The lowest BCUT2D eigenvalue weighted by Gasteiger charge is -2.37. The molecule has 1 fully saturated rings. The van der Waals surface area contributed by atoms with Crippen molar-refractivity contribution in [1.82, 2.24) is 8.72 Å². The van der Waals surface area contributed by atoms with Crippen LogP contribution in [0, 0.1) is 0 Å². The minimum atomic E-state index is -4.52. The summed E-state index contributed by atoms with van der Waals surface area (Å²) in [5.41, 5.74) is 0. The van der Waals surface area contributed by atoms with Crippen molar-refractivity contribution in [2.24, 2.45) is 0 Å². The van der Waals surface area contributed by atoms with E-state index in [2.05, 4.69) is 0 Å². The highest BCUT2D eigenvalue weighted by Crippen LogP contribution is 2.21. The van der Waals surface area contributed by atoms with E-state index in [-0.39, 0.29) is 10.8 Å². The molecule has 1 heterocycles. The smallest absolute Gasteiger partial charge is 0.274 e. The van der Waals surface area contributed by atoms with Crippen molar-refractivity contribution in [3.8, 4) is 0 Å². The van der Waals surface area contributed by atoms with Gasteiger partial charge in [-0.25, -0.2) is 8.72 Å². The van der Waals surface area contributed by atoms with Gasteiger partial charge < -0.3 is 0 Å². The summed E-state index contributed by atoms with van der Waals surface area (Å²) in [5, 5.41) is 0. The standard InChI is InChI=1S/C5H7ClN2O5S/c1-3(9)8(6)4-2-7(5(4)10)14(11,12)13/h4H,2H2,1H3,(H,11,12,13). The van der Waals surface area contributed by atoms with Crippen molar-refractivity contribution in [2.75, 3.05) is 6.54 Å². The van der Waals surface area contributed by atoms with Crippen LogP contribution < -0.4 is 0 Å². The number of amides is 2. The number of hydrogen-bond acceptors (Lipinski definition) is 4. The van der Waals surface area contributed by atoms with E-state index in [0.717, 1.165) is 6.92 Å². The van der Waals surface area contributed by atoms with E-state index >= 15 is 0 Å². The van der Waals surface area contributed by atoms with Crippen LogP contribution in [-0.4, -0.2) is 46.1 Å². The van der Waals surface area contributed by atoms with E-state index in [1.165, 1.54) is 0 Å². The molecule has 0 aromatic rings. The van der Waals surface area contributed by atoms with Crippen LogP contribution in [0.3, 0.4) is 0 Å². The summed E-state index contributed by atoms with van der Waals surface area (Å²) in [4.78, 5) is 21.8. The molecule has 1 aliphatic rings. The van der Waals surface area contributed by atoms with Crippen LogP contribution in [0.25, 0.3) is 0 Å². The molecule has 1 atom stereocenters. The molecule has 1 N–H and O–H groups in total. The van der Waals surface area contributed by atoms with Gasteiger partial charge in [-0.05, 0) is 0 Å². The minimum Gasteiger partial charge on any atom is -0.274 e. The van der Waals surface area contributed by atoms with Gasteiger partial charge in [-0.2, -0.15) is 8.42 Å². The molecule has 1 aliphatic heterocycles. The van der Waals surface area contributed by atoms with Crippen molar-refractivity contribution in [3.05, 3.63) is 0 Å². The third kappa shape index (κ3) is 1.81. The van der Waals surface area contributed by atoms with Crippen LogP contribution in [-0.2, 0) is 19.9 Å². The maximum Gasteiger partial charge on any atom is 0.362 e. The highest BCUT2D eigenvalue weighted by molar-refractivity contribution is 7.84. The Balaban J connectivity index is 2.70. The van der Waals surface area contributed by atoms with E-state index in [1.54, 1.807) is 0 Å². The maximum absolute atomic E-state index is 11.1. The largest absolute Gasteiger partial charge is 0.362 e. The lowest BCUT2D eigenvalue weighted by atomic mass is 10.1. The Kier molecular flexibility index (Phi) is 2.70. The molecule has 0 saturated carbocycles. The van der Waals surface area contributed by atoms with Crippen molar-refractivity contribution in [2.45, 2.75) is 13.0 Å². The van der Waals surface area contributed by atoms with Crippen LogP contribution in [0.1, 0.15) is 6.92 Å². The maximum atomic E-state index is 11.1. The summed E-state index contributed by atoms with van der Waals surface area (Å²) >= 11 is 5.39. The van der Waals surface area contributed by atoms with Gasteiger partial charge in [0.05, 0.1) is 6.54 Å². The lowest BCUT2D eigenvalue weighted by molar-refractivity contribution is -0.145. The van der Waals surface area contributed by atoms with Gasteiger partial charge in [0.25, 0.3) is 5.91 Å². The third-order valence-electron chi connectivity index (χ3n) is 1.72. The molecule has 9 heteroatoms. The first-order chi connectivity index (χ1) is 6.25. The lowest BCUT2D eigenvalue weighted by Crippen LogP contribution is -2.63. The molecule has 2 amide bonds. The number of carbonyl (C=O) groups is 2. The predicted molar refractivity (Wildman–Crippen MR) is 45.4 cm³/mol. The molecule has 0 bridgehead atoms. The number of β-lactam (4-membered cyclic amide) rings is 1. The van der Waals surface area contributed by atoms with E-state index in [4.69, 9.17) is 16.3 Å². The van der Waals surface area contributed by atoms with Gasteiger partial charge in [-0.3, -0.25) is 14.1 Å². The van der Waals surface area contributed by atoms with Gasteiger partial charge in [0.2, 0.25) is 5.91 Å². The van der Waals surface area contributed by atoms with Crippen LogP contribution in [0.15, 0.2) is 0 Å². The molecule has 0 spiro atoms. The van der Waals surface area contributed by atoms with Crippen molar-refractivity contribution in [3.63, 3.8) is 0 Å². The molecule has 1 saturated heterocycles. The molecule has 7 nitrogen and oxygen atoms in total. The van der Waals surface area contributed by atoms with Crippen molar-refractivity contribution in [1.29, 1.82) is 0 Å². The fraction of sp³-hybridized carbons (Fsp3) is 0.600. The first-order valence-corrected chi connectivity index (χ1v) is 5.23. The second-order valence-corrected chi connectivity index (χ2v) is 4.39. The SMILES string of the molecule is CC(=O)N(Cl)C1CN(S(=O)(=O)O)C1=O. The molecular formula is C5H7ClN2O5S. The summed E-state index contributed by atoms with van der Waals surface area (Å²) in [6.07, 6.45) is 0. The Labute approximate surface area is 85.2 Å². The van der Waals surface area contributed by atoms with Gasteiger partial charge in [0.1, 0.15) is 6.04 Å². The topological polar surface area (TPSA) is 95.0 Å². The average molecular weight is 243 g/mol. The quantitative estimate of drug-likeness (QED) is 0.381. The van der Waals surface area contributed by atoms with Gasteiger partial charge in [-0.1, -0.05) is 0 Å². The zero-order valence-electron chi connectivity index (χ0n) is 7.05. The highest BCUT2D eigenvalue weighted by atomic mass is 35.5. The number of carbonyl (C=O) groups excluding carboxylic acids is 2. The Hall–Kier alpha value is -0.860. The summed E-state index contributed by atoms with van der Waals surface area (Å²) in [5.74, 6) is -1.49. The fourth-order valence-corrected chi connectivity index (χ4v) is 1.80. The summed E-state index contributed by atoms with van der Waals surface area (Å²) in [6.45, 7) is 0.817. The Morgan fingerprint density at radius 3 is 2.50 bits per heavy atom. The van der Waals surface area contributed by atoms with E-state index in [1.807, 2.05) is 0 Å². The third-order valence-corrected chi connectivity index (χ3v) is 3.08. The molecule has 0 aromatic carbocycles. The predicted octanol–water partition coefficient (Wildman–Crippen LogP) is -0.998. The van der Waals surface area contributed by atoms with Crippen molar-refractivity contribution >= 4 is 33.9 Å². The van der Waals surface area contributed by atoms with E-state index < -0.39 is 28.2 Å². The average Bonchev–Trinajstić information content (AvgIpc) is 1.98. The van der Waals surface area contributed by atoms with Crippen LogP contribution in [0.2, 0.25) is 0 Å². The Morgan fingerprint density at radius 1 is 1.71 bits per heavy atom. The van der Waals surface area contributed by atoms with E-state index in [9.17, 15) is 18.0 Å². The monoisotopic (exact) mass is 242 g/mol. The van der Waals surface area contributed by atoms with Crippen LogP contribution in [0.5, 0.6) is 0 Å². The zero-order valence-corrected chi connectivity index (χ0v) is 8.62. The summed E-state index contributed by atoms with van der Waals surface area (Å²) in [7, 11) is -4.52. The number of hydrogen-bond donors (Lipinski definition) is 1. The molecule has 1 rings (SSSR count). The summed E-state index contributed by atoms with van der Waals surface area (Å²) in [6, 6.07) is -1.02.